The van der Waals surface area contributed by atoms with Crippen LogP contribution in [-0.4, -0.2) is 34.6 Å². The third-order valence-electron chi connectivity index (χ3n) is 1.39. The summed E-state index contributed by atoms with van der Waals surface area (Å²) in [5.41, 5.74) is 4.46. The summed E-state index contributed by atoms with van der Waals surface area (Å²) in [6, 6.07) is 0. The summed E-state index contributed by atoms with van der Waals surface area (Å²) in [5, 5.41) is 19.6. The van der Waals surface area contributed by atoms with Gasteiger partial charge in [0, 0.05) is 0 Å². The van der Waals surface area contributed by atoms with E-state index < -0.39 is 24.5 Å². The monoisotopic (exact) mass is 174 g/mol. The van der Waals surface area contributed by atoms with Crippen LogP contribution in [0.2, 0.25) is 0 Å². The van der Waals surface area contributed by atoms with Gasteiger partial charge in [-0.05, 0) is 20.8 Å². The number of hydrogen-bond acceptors (Lipinski definition) is 4. The third kappa shape index (κ3) is 3.70. The molecule has 0 aromatic carbocycles. The predicted molar refractivity (Wildman–Crippen MR) is 46.1 cm³/mol. The highest BCUT2D eigenvalue weighted by atomic mass is 16.4. The van der Waals surface area contributed by atoms with Crippen LogP contribution in [0.25, 0.3) is 0 Å². The van der Waals surface area contributed by atoms with E-state index in [1.807, 2.05) is 0 Å². The van der Waals surface area contributed by atoms with E-state index in [1.54, 1.807) is 13.8 Å². The lowest BCUT2D eigenvalue weighted by atomic mass is 9.80. The van der Waals surface area contributed by atoms with Gasteiger partial charge < -0.3 is 21.1 Å². The van der Waals surface area contributed by atoms with Crippen molar-refractivity contribution in [2.75, 3.05) is 0 Å². The van der Waals surface area contributed by atoms with Crippen LogP contribution >= 0.6 is 0 Å². The van der Waals surface area contributed by atoms with E-state index in [1.165, 1.54) is 6.92 Å². The number of carbonyl (C=O) groups excluding carboxylic acids is 1. The van der Waals surface area contributed by atoms with Crippen LogP contribution in [0.5, 0.6) is 0 Å². The Morgan fingerprint density at radius 1 is 1.58 bits per heavy atom. The molecule has 5 N–H and O–H groups in total. The van der Waals surface area contributed by atoms with Crippen LogP contribution in [0.4, 0.5) is 0 Å². The van der Waals surface area contributed by atoms with Crippen LogP contribution in [0.3, 0.4) is 0 Å². The maximum Gasteiger partial charge on any atom is 0.475 e. The van der Waals surface area contributed by atoms with Gasteiger partial charge in [0.15, 0.2) is 0 Å². The van der Waals surface area contributed by atoms with Crippen molar-refractivity contribution in [2.24, 2.45) is 5.73 Å². The van der Waals surface area contributed by atoms with Gasteiger partial charge in [-0.15, -0.1) is 0 Å². The second kappa shape index (κ2) is 3.89. The molecule has 0 heterocycles. The fourth-order valence-corrected chi connectivity index (χ4v) is 0.467. The largest absolute Gasteiger partial charge is 0.475 e. The Morgan fingerprint density at radius 3 is 2.25 bits per heavy atom. The zero-order valence-electron chi connectivity index (χ0n) is 7.53. The molecular formula is C6H15BN2O3. The molecule has 6 heteroatoms. The highest BCUT2D eigenvalue weighted by Gasteiger charge is 2.27. The van der Waals surface area contributed by atoms with Crippen molar-refractivity contribution in [3.8, 4) is 0 Å². The Bertz CT molecular complexity index is 167. The molecule has 0 radical (unpaired) electrons. The first-order chi connectivity index (χ1) is 5.25. The quantitative estimate of drug-likeness (QED) is 0.381. The molecule has 70 valence electrons. The number of hydrogen-bond donors (Lipinski definition) is 4. The van der Waals surface area contributed by atoms with E-state index in [0.29, 0.717) is 0 Å². The van der Waals surface area contributed by atoms with Crippen molar-refractivity contribution < 1.29 is 14.8 Å². The van der Waals surface area contributed by atoms with Crippen LogP contribution in [-0.2, 0) is 4.79 Å². The van der Waals surface area contributed by atoms with E-state index >= 15 is 0 Å². The molecule has 0 spiro atoms. The highest BCUT2D eigenvalue weighted by Crippen LogP contribution is 1.97. The summed E-state index contributed by atoms with van der Waals surface area (Å²) in [5.74, 6) is -1.12. The number of carbonyl (C=O) groups is 1. The zero-order valence-corrected chi connectivity index (χ0v) is 7.53. The van der Waals surface area contributed by atoms with Gasteiger partial charge in [-0.1, -0.05) is 0 Å². The molecule has 1 atom stereocenters. The lowest BCUT2D eigenvalue weighted by molar-refractivity contribution is -0.125. The van der Waals surface area contributed by atoms with Crippen LogP contribution in [0.15, 0.2) is 0 Å². The summed E-state index contributed by atoms with van der Waals surface area (Å²) in [7, 11) is -1.56. The molecule has 5 nitrogen and oxygen atoms in total. The SMILES string of the molecule is C[C@H](NC(=O)C(C)(C)N)B(O)O. The summed E-state index contributed by atoms with van der Waals surface area (Å²) in [6.07, 6.45) is 0. The minimum atomic E-state index is -1.56. The van der Waals surface area contributed by atoms with Crippen molar-refractivity contribution in [1.29, 1.82) is 0 Å². The van der Waals surface area contributed by atoms with Crippen molar-refractivity contribution >= 4 is 13.0 Å². The smallest absolute Gasteiger partial charge is 0.426 e. The minimum Gasteiger partial charge on any atom is -0.426 e. The van der Waals surface area contributed by atoms with Crippen LogP contribution in [0, 0.1) is 0 Å². The Morgan fingerprint density at radius 2 is 2.00 bits per heavy atom. The lowest BCUT2D eigenvalue weighted by Crippen LogP contribution is -2.55. The molecule has 0 fully saturated rings. The van der Waals surface area contributed by atoms with Crippen molar-refractivity contribution in [1.82, 2.24) is 5.32 Å². The highest BCUT2D eigenvalue weighted by molar-refractivity contribution is 6.43. The first-order valence-corrected chi connectivity index (χ1v) is 3.71. The summed E-state index contributed by atoms with van der Waals surface area (Å²) in [6.45, 7) is 4.56. The molecular weight excluding hydrogens is 159 g/mol. The van der Waals surface area contributed by atoms with Gasteiger partial charge in [-0.25, -0.2) is 0 Å². The molecule has 0 aromatic rings. The zero-order chi connectivity index (χ0) is 9.94. The normalized spacial score (nSPS) is 13.8. The van der Waals surface area contributed by atoms with Gasteiger partial charge in [-0.2, -0.15) is 0 Å². The second-order valence-electron chi connectivity index (χ2n) is 3.40. The van der Waals surface area contributed by atoms with Crippen molar-refractivity contribution in [2.45, 2.75) is 32.3 Å². The minimum absolute atomic E-state index is 0.414. The topological polar surface area (TPSA) is 95.6 Å². The van der Waals surface area contributed by atoms with Gasteiger partial charge in [0.25, 0.3) is 0 Å². The second-order valence-corrected chi connectivity index (χ2v) is 3.40. The Labute approximate surface area is 72.1 Å². The molecule has 0 saturated carbocycles. The van der Waals surface area contributed by atoms with E-state index in [0.717, 1.165) is 0 Å². The maximum absolute atomic E-state index is 11.1. The Hall–Kier alpha value is -0.585. The first kappa shape index (κ1) is 11.4. The standard InChI is InChI=1S/C6H15BN2O3/c1-4(7(11)12)9-5(10)6(2,3)8/h4,11-12H,8H2,1-3H3,(H,9,10)/t4-/m0/s1. The van der Waals surface area contributed by atoms with Crippen LogP contribution in [0.1, 0.15) is 20.8 Å². The molecule has 0 unspecified atom stereocenters. The van der Waals surface area contributed by atoms with Gasteiger partial charge in [0.2, 0.25) is 5.91 Å². The fourth-order valence-electron chi connectivity index (χ4n) is 0.467. The number of nitrogens with two attached hydrogens (primary N) is 1. The first-order valence-electron chi connectivity index (χ1n) is 3.71. The van der Waals surface area contributed by atoms with Gasteiger partial charge >= 0.3 is 7.12 Å². The molecule has 0 aromatic heterocycles. The summed E-state index contributed by atoms with van der Waals surface area (Å²) in [4.78, 5) is 11.1. The molecule has 0 aliphatic heterocycles. The lowest BCUT2D eigenvalue weighted by Gasteiger charge is -2.21. The number of rotatable bonds is 3. The average molecular weight is 174 g/mol. The van der Waals surface area contributed by atoms with Crippen molar-refractivity contribution in [3.63, 3.8) is 0 Å². The van der Waals surface area contributed by atoms with Gasteiger partial charge in [0.1, 0.15) is 0 Å². The van der Waals surface area contributed by atoms with E-state index in [-0.39, 0.29) is 0 Å². The molecule has 0 saturated heterocycles. The molecule has 12 heavy (non-hydrogen) atoms. The predicted octanol–water partition coefficient (Wildman–Crippen LogP) is -1.76. The molecule has 0 rings (SSSR count). The van der Waals surface area contributed by atoms with E-state index in [9.17, 15) is 4.79 Å². The van der Waals surface area contributed by atoms with E-state index in [2.05, 4.69) is 5.32 Å². The number of amides is 1. The Balaban J connectivity index is 4.02. The molecule has 0 aliphatic rings. The summed E-state index contributed by atoms with van der Waals surface area (Å²) >= 11 is 0. The molecule has 0 bridgehead atoms. The van der Waals surface area contributed by atoms with Crippen molar-refractivity contribution in [3.05, 3.63) is 0 Å². The fraction of sp³-hybridized carbons (Fsp3) is 0.833. The average Bonchev–Trinajstić information content (AvgIpc) is 1.85. The van der Waals surface area contributed by atoms with E-state index in [4.69, 9.17) is 15.8 Å². The summed E-state index contributed by atoms with van der Waals surface area (Å²) < 4.78 is 0. The van der Waals surface area contributed by atoms with Crippen LogP contribution < -0.4 is 11.1 Å². The number of nitrogens with one attached hydrogen (secondary N) is 1. The third-order valence-corrected chi connectivity index (χ3v) is 1.39. The maximum atomic E-state index is 11.1. The molecule has 0 aliphatic carbocycles. The van der Waals surface area contributed by atoms with Gasteiger partial charge in [-0.3, -0.25) is 4.79 Å². The molecule has 1 amide bonds. The Kier molecular flexibility index (Phi) is 3.70. The van der Waals surface area contributed by atoms with Gasteiger partial charge in [0.05, 0.1) is 11.5 Å².